The van der Waals surface area contributed by atoms with Crippen molar-refractivity contribution in [1.29, 1.82) is 0 Å². The quantitative estimate of drug-likeness (QED) is 0.847. The molecule has 5 unspecified atom stereocenters. The molecule has 23 heavy (non-hydrogen) atoms. The van der Waals surface area contributed by atoms with Gasteiger partial charge < -0.3 is 10.4 Å². The Hall–Kier alpha value is -1.84. The third-order valence-electron chi connectivity index (χ3n) is 6.23. The van der Waals surface area contributed by atoms with E-state index in [0.29, 0.717) is 18.3 Å². The summed E-state index contributed by atoms with van der Waals surface area (Å²) in [4.78, 5) is 23.9. The number of carboxylic acids is 1. The second-order valence-electron chi connectivity index (χ2n) is 7.48. The Morgan fingerprint density at radius 2 is 1.78 bits per heavy atom. The number of rotatable bonds is 6. The molecule has 4 nitrogen and oxygen atoms in total. The first-order chi connectivity index (χ1) is 11.1. The average Bonchev–Trinajstić information content (AvgIpc) is 2.99. The van der Waals surface area contributed by atoms with Crippen molar-refractivity contribution >= 4 is 11.9 Å². The van der Waals surface area contributed by atoms with Gasteiger partial charge in [-0.1, -0.05) is 30.3 Å². The maximum Gasteiger partial charge on any atom is 0.308 e. The molecule has 3 saturated carbocycles. The van der Waals surface area contributed by atoms with Gasteiger partial charge in [0.1, 0.15) is 0 Å². The highest BCUT2D eigenvalue weighted by molar-refractivity contribution is 5.83. The lowest BCUT2D eigenvalue weighted by Gasteiger charge is -2.15. The molecule has 5 atom stereocenters. The third-order valence-corrected chi connectivity index (χ3v) is 6.23. The van der Waals surface area contributed by atoms with E-state index in [1.807, 2.05) is 30.3 Å². The lowest BCUT2D eigenvalue weighted by Crippen LogP contribution is -2.36. The summed E-state index contributed by atoms with van der Waals surface area (Å²) in [7, 11) is 0. The van der Waals surface area contributed by atoms with Gasteiger partial charge in [-0.15, -0.1) is 0 Å². The summed E-state index contributed by atoms with van der Waals surface area (Å²) in [5, 5.41) is 12.3. The van der Waals surface area contributed by atoms with Crippen LogP contribution >= 0.6 is 0 Å². The zero-order chi connectivity index (χ0) is 16.0. The highest BCUT2D eigenvalue weighted by Crippen LogP contribution is 2.69. The monoisotopic (exact) mass is 313 g/mol. The van der Waals surface area contributed by atoms with E-state index in [4.69, 9.17) is 0 Å². The van der Waals surface area contributed by atoms with Crippen LogP contribution in [0.15, 0.2) is 30.3 Å². The number of carbonyl (C=O) groups excluding carboxylic acids is 1. The average molecular weight is 313 g/mol. The molecule has 4 rings (SSSR count). The van der Waals surface area contributed by atoms with E-state index in [2.05, 4.69) is 5.32 Å². The lowest BCUT2D eigenvalue weighted by molar-refractivity contribution is -0.141. The molecule has 2 bridgehead atoms. The molecular weight excluding hydrogens is 290 g/mol. The molecule has 0 heterocycles. The summed E-state index contributed by atoms with van der Waals surface area (Å²) < 4.78 is 0. The number of amides is 1. The Kier molecular flexibility index (Phi) is 3.63. The maximum atomic E-state index is 12.4. The van der Waals surface area contributed by atoms with Crippen LogP contribution in [0.5, 0.6) is 0 Å². The summed E-state index contributed by atoms with van der Waals surface area (Å²) in [6, 6.07) is 9.60. The topological polar surface area (TPSA) is 66.4 Å². The van der Waals surface area contributed by atoms with Crippen LogP contribution in [-0.2, 0) is 16.0 Å². The van der Waals surface area contributed by atoms with Crippen LogP contribution in [0, 0.1) is 35.5 Å². The SMILES string of the molecule is O=C(O)C(CNC(=O)C1C2C3CCC(C3)C12)Cc1ccccc1. The molecule has 0 radical (unpaired) electrons. The Morgan fingerprint density at radius 3 is 2.39 bits per heavy atom. The van der Waals surface area contributed by atoms with E-state index in [1.165, 1.54) is 19.3 Å². The lowest BCUT2D eigenvalue weighted by atomic mass is 9.98. The first-order valence-electron chi connectivity index (χ1n) is 8.69. The molecular formula is C19H23NO3. The van der Waals surface area contributed by atoms with E-state index < -0.39 is 11.9 Å². The van der Waals surface area contributed by atoms with Gasteiger partial charge in [0.2, 0.25) is 5.91 Å². The number of carbonyl (C=O) groups is 2. The van der Waals surface area contributed by atoms with Crippen LogP contribution in [0.25, 0.3) is 0 Å². The van der Waals surface area contributed by atoms with Gasteiger partial charge in [0.15, 0.2) is 0 Å². The number of hydrogen-bond acceptors (Lipinski definition) is 2. The number of nitrogens with one attached hydrogen (secondary N) is 1. The van der Waals surface area contributed by atoms with Crippen molar-refractivity contribution in [2.75, 3.05) is 6.54 Å². The minimum absolute atomic E-state index is 0.0934. The number of hydrogen-bond donors (Lipinski definition) is 2. The van der Waals surface area contributed by atoms with Crippen LogP contribution in [0.2, 0.25) is 0 Å². The standard InChI is InChI=1S/C19H23NO3/c21-18(17-15-12-6-7-13(9-12)16(15)17)20-10-14(19(22)23)8-11-4-2-1-3-5-11/h1-5,12-17H,6-10H2,(H,20,21)(H,22,23). The molecule has 0 saturated heterocycles. The predicted molar refractivity (Wildman–Crippen MR) is 85.6 cm³/mol. The summed E-state index contributed by atoms with van der Waals surface area (Å²) in [5.41, 5.74) is 0.996. The molecule has 1 aromatic rings. The highest BCUT2D eigenvalue weighted by atomic mass is 16.4. The fraction of sp³-hybridized carbons (Fsp3) is 0.579. The number of fused-ring (bicyclic) bond motifs is 5. The van der Waals surface area contributed by atoms with Gasteiger partial charge >= 0.3 is 5.97 Å². The van der Waals surface area contributed by atoms with Crippen molar-refractivity contribution in [3.63, 3.8) is 0 Å². The number of benzene rings is 1. The summed E-state index contributed by atoms with van der Waals surface area (Å²) in [6.07, 6.45) is 4.37. The van der Waals surface area contributed by atoms with Gasteiger partial charge in [0.25, 0.3) is 0 Å². The maximum absolute atomic E-state index is 12.4. The third kappa shape index (κ3) is 2.64. The molecule has 0 aliphatic heterocycles. The minimum Gasteiger partial charge on any atom is -0.481 e. The number of aliphatic carboxylic acids is 1. The molecule has 0 aromatic heterocycles. The predicted octanol–water partition coefficient (Wildman–Crippen LogP) is 2.34. The van der Waals surface area contributed by atoms with Crippen LogP contribution in [0.4, 0.5) is 0 Å². The first-order valence-corrected chi connectivity index (χ1v) is 8.69. The smallest absolute Gasteiger partial charge is 0.308 e. The van der Waals surface area contributed by atoms with E-state index in [-0.39, 0.29) is 18.4 Å². The number of carboxylic acid groups (broad SMARTS) is 1. The fourth-order valence-electron chi connectivity index (χ4n) is 5.16. The van der Waals surface area contributed by atoms with Gasteiger partial charge in [-0.3, -0.25) is 9.59 Å². The van der Waals surface area contributed by atoms with Gasteiger partial charge in [0, 0.05) is 12.5 Å². The second-order valence-corrected chi connectivity index (χ2v) is 7.48. The van der Waals surface area contributed by atoms with E-state index >= 15 is 0 Å². The summed E-state index contributed by atoms with van der Waals surface area (Å²) in [6.45, 7) is 0.230. The fourth-order valence-corrected chi connectivity index (χ4v) is 5.16. The zero-order valence-electron chi connectivity index (χ0n) is 13.2. The molecule has 3 aliphatic carbocycles. The Labute approximate surface area is 136 Å². The molecule has 3 fully saturated rings. The Morgan fingerprint density at radius 1 is 1.13 bits per heavy atom. The van der Waals surface area contributed by atoms with Crippen molar-refractivity contribution in [1.82, 2.24) is 5.32 Å². The zero-order valence-corrected chi connectivity index (χ0v) is 13.2. The first kappa shape index (κ1) is 14.7. The molecule has 2 N–H and O–H groups in total. The highest BCUT2D eigenvalue weighted by Gasteiger charge is 2.67. The molecule has 122 valence electrons. The van der Waals surface area contributed by atoms with Crippen LogP contribution in [0.1, 0.15) is 24.8 Å². The van der Waals surface area contributed by atoms with Crippen molar-refractivity contribution in [2.45, 2.75) is 25.7 Å². The molecule has 1 amide bonds. The van der Waals surface area contributed by atoms with Crippen molar-refractivity contribution in [2.24, 2.45) is 35.5 Å². The summed E-state index contributed by atoms with van der Waals surface area (Å²) in [5.74, 6) is 1.60. The van der Waals surface area contributed by atoms with Crippen molar-refractivity contribution < 1.29 is 14.7 Å². The van der Waals surface area contributed by atoms with Gasteiger partial charge in [0.05, 0.1) is 5.92 Å². The largest absolute Gasteiger partial charge is 0.481 e. The van der Waals surface area contributed by atoms with Crippen LogP contribution in [0.3, 0.4) is 0 Å². The van der Waals surface area contributed by atoms with Crippen molar-refractivity contribution in [3.8, 4) is 0 Å². The van der Waals surface area contributed by atoms with Gasteiger partial charge in [-0.05, 0) is 54.9 Å². The van der Waals surface area contributed by atoms with Gasteiger partial charge in [-0.2, -0.15) is 0 Å². The minimum atomic E-state index is -0.842. The molecule has 4 heteroatoms. The molecule has 3 aliphatic rings. The van der Waals surface area contributed by atoms with E-state index in [9.17, 15) is 14.7 Å². The molecule has 1 aromatic carbocycles. The second kappa shape index (κ2) is 5.66. The molecule has 0 spiro atoms. The van der Waals surface area contributed by atoms with Crippen LogP contribution < -0.4 is 5.32 Å². The van der Waals surface area contributed by atoms with E-state index in [1.54, 1.807) is 0 Å². The normalized spacial score (nSPS) is 34.7. The van der Waals surface area contributed by atoms with Crippen LogP contribution in [-0.4, -0.2) is 23.5 Å². The summed E-state index contributed by atoms with van der Waals surface area (Å²) >= 11 is 0. The van der Waals surface area contributed by atoms with E-state index in [0.717, 1.165) is 17.4 Å². The van der Waals surface area contributed by atoms with Gasteiger partial charge in [-0.25, -0.2) is 0 Å². The Bertz CT molecular complexity index is 598. The Balaban J connectivity index is 1.32. The van der Waals surface area contributed by atoms with Crippen molar-refractivity contribution in [3.05, 3.63) is 35.9 Å².